The first kappa shape index (κ1) is 29.1. The molecule has 0 bridgehead atoms. The SMILES string of the molecule is CN1CCN(C(=O)NCCNCC(O)COc2ccc(C(CC(=O)O)CC3COC(C)(C)O3)cc2)CC1. The predicted molar refractivity (Wildman–Crippen MR) is 138 cm³/mol. The van der Waals surface area contributed by atoms with E-state index in [1.807, 2.05) is 37.9 Å². The van der Waals surface area contributed by atoms with E-state index in [0.717, 1.165) is 31.7 Å². The molecule has 2 amide bonds. The molecule has 2 fully saturated rings. The van der Waals surface area contributed by atoms with Crippen LogP contribution in [0.1, 0.15) is 38.2 Å². The van der Waals surface area contributed by atoms with Gasteiger partial charge in [-0.25, -0.2) is 4.79 Å². The van der Waals surface area contributed by atoms with Crippen molar-refractivity contribution in [3.63, 3.8) is 0 Å². The van der Waals surface area contributed by atoms with Crippen LogP contribution in [0.2, 0.25) is 0 Å². The topological polar surface area (TPSA) is 133 Å². The number of urea groups is 1. The lowest BCUT2D eigenvalue weighted by molar-refractivity contribution is -0.141. The van der Waals surface area contributed by atoms with Crippen LogP contribution in [-0.2, 0) is 14.3 Å². The molecule has 11 heteroatoms. The molecule has 2 aliphatic heterocycles. The number of aliphatic hydroxyl groups is 1. The van der Waals surface area contributed by atoms with Crippen molar-refractivity contribution in [1.29, 1.82) is 0 Å². The summed E-state index contributed by atoms with van der Waals surface area (Å²) < 4.78 is 17.2. The van der Waals surface area contributed by atoms with Gasteiger partial charge in [-0.1, -0.05) is 12.1 Å². The fourth-order valence-corrected chi connectivity index (χ4v) is 4.48. The van der Waals surface area contributed by atoms with Crippen molar-refractivity contribution in [2.75, 3.05) is 66.1 Å². The Morgan fingerprint density at radius 3 is 2.49 bits per heavy atom. The zero-order valence-electron chi connectivity index (χ0n) is 22.1. The third kappa shape index (κ3) is 10.1. The van der Waals surface area contributed by atoms with Crippen LogP contribution in [0.5, 0.6) is 5.75 Å². The van der Waals surface area contributed by atoms with Crippen molar-refractivity contribution in [3.05, 3.63) is 29.8 Å². The number of carboxylic acids is 1. The highest BCUT2D eigenvalue weighted by Crippen LogP contribution is 2.32. The summed E-state index contributed by atoms with van der Waals surface area (Å²) >= 11 is 0. The van der Waals surface area contributed by atoms with Crippen LogP contribution in [0, 0.1) is 0 Å². The van der Waals surface area contributed by atoms with Gasteiger partial charge in [0.1, 0.15) is 18.5 Å². The van der Waals surface area contributed by atoms with E-state index in [0.29, 0.717) is 38.4 Å². The molecule has 1 aromatic carbocycles. The Balaban J connectivity index is 1.34. The Hall–Kier alpha value is -2.44. The molecule has 3 atom stereocenters. The number of amides is 2. The number of aliphatic hydroxyl groups excluding tert-OH is 1. The molecule has 3 rings (SSSR count). The van der Waals surface area contributed by atoms with Crippen LogP contribution in [0.15, 0.2) is 24.3 Å². The number of ether oxygens (including phenoxy) is 3. The summed E-state index contributed by atoms with van der Waals surface area (Å²) in [6.45, 7) is 8.84. The van der Waals surface area contributed by atoms with E-state index in [2.05, 4.69) is 15.5 Å². The highest BCUT2D eigenvalue weighted by atomic mass is 16.7. The van der Waals surface area contributed by atoms with Gasteiger partial charge in [-0.2, -0.15) is 0 Å². The van der Waals surface area contributed by atoms with Gasteiger partial charge in [0.05, 0.1) is 19.1 Å². The van der Waals surface area contributed by atoms with Crippen molar-refractivity contribution in [2.45, 2.75) is 50.6 Å². The van der Waals surface area contributed by atoms with E-state index in [1.165, 1.54) is 0 Å². The molecule has 0 saturated carbocycles. The number of carboxylic acid groups (broad SMARTS) is 1. The molecule has 0 aliphatic carbocycles. The van der Waals surface area contributed by atoms with E-state index in [4.69, 9.17) is 14.2 Å². The van der Waals surface area contributed by atoms with Gasteiger partial charge >= 0.3 is 12.0 Å². The molecule has 0 spiro atoms. The number of nitrogens with zero attached hydrogens (tertiary/aromatic N) is 2. The molecule has 2 saturated heterocycles. The van der Waals surface area contributed by atoms with Crippen LogP contribution in [0.3, 0.4) is 0 Å². The number of hydrogen-bond acceptors (Lipinski definition) is 8. The van der Waals surface area contributed by atoms with Crippen molar-refractivity contribution in [3.8, 4) is 5.75 Å². The minimum atomic E-state index is -0.863. The monoisotopic (exact) mass is 522 g/mol. The van der Waals surface area contributed by atoms with Crippen molar-refractivity contribution in [1.82, 2.24) is 20.4 Å². The molecule has 0 aromatic heterocycles. The minimum Gasteiger partial charge on any atom is -0.491 e. The second kappa shape index (κ2) is 13.9. The zero-order valence-corrected chi connectivity index (χ0v) is 22.1. The van der Waals surface area contributed by atoms with Gasteiger partial charge < -0.3 is 44.9 Å². The summed E-state index contributed by atoms with van der Waals surface area (Å²) in [5.74, 6) is -1.12. The molecule has 4 N–H and O–H groups in total. The average molecular weight is 523 g/mol. The third-order valence-electron chi connectivity index (χ3n) is 6.58. The lowest BCUT2D eigenvalue weighted by Gasteiger charge is -2.32. The third-order valence-corrected chi connectivity index (χ3v) is 6.58. The maximum absolute atomic E-state index is 12.1. The van der Waals surface area contributed by atoms with Gasteiger partial charge in [0.2, 0.25) is 0 Å². The predicted octanol–water partition coefficient (Wildman–Crippen LogP) is 1.07. The molecular formula is C26H42N4O7. The fraction of sp³-hybridized carbons (Fsp3) is 0.692. The number of carbonyl (C=O) groups is 2. The van der Waals surface area contributed by atoms with Gasteiger partial charge in [-0.3, -0.25) is 4.79 Å². The molecule has 2 heterocycles. The molecule has 37 heavy (non-hydrogen) atoms. The van der Waals surface area contributed by atoms with Crippen LogP contribution < -0.4 is 15.4 Å². The largest absolute Gasteiger partial charge is 0.491 e. The highest BCUT2D eigenvalue weighted by molar-refractivity contribution is 5.74. The Kier molecular flexibility index (Phi) is 11.0. The van der Waals surface area contributed by atoms with Crippen LogP contribution in [0.25, 0.3) is 0 Å². The Bertz CT molecular complexity index is 859. The lowest BCUT2D eigenvalue weighted by Crippen LogP contribution is -2.51. The zero-order chi connectivity index (χ0) is 26.8. The van der Waals surface area contributed by atoms with E-state index < -0.39 is 17.9 Å². The summed E-state index contributed by atoms with van der Waals surface area (Å²) in [4.78, 5) is 27.6. The first-order chi connectivity index (χ1) is 17.6. The second-order valence-electron chi connectivity index (χ2n) is 10.2. The maximum atomic E-state index is 12.1. The number of nitrogens with one attached hydrogen (secondary N) is 2. The Morgan fingerprint density at radius 1 is 1.16 bits per heavy atom. The number of aliphatic carboxylic acids is 1. The van der Waals surface area contributed by atoms with E-state index in [1.54, 1.807) is 12.1 Å². The van der Waals surface area contributed by atoms with Crippen LogP contribution in [-0.4, -0.2) is 116 Å². The summed E-state index contributed by atoms with van der Waals surface area (Å²) in [5.41, 5.74) is 0.892. The summed E-state index contributed by atoms with van der Waals surface area (Å²) in [6, 6.07) is 7.23. The van der Waals surface area contributed by atoms with Gasteiger partial charge in [0.15, 0.2) is 5.79 Å². The number of benzene rings is 1. The van der Waals surface area contributed by atoms with E-state index >= 15 is 0 Å². The fourth-order valence-electron chi connectivity index (χ4n) is 4.48. The highest BCUT2D eigenvalue weighted by Gasteiger charge is 2.34. The summed E-state index contributed by atoms with van der Waals surface area (Å²) in [7, 11) is 2.05. The van der Waals surface area contributed by atoms with Crippen molar-refractivity contribution >= 4 is 12.0 Å². The van der Waals surface area contributed by atoms with Gasteiger partial charge in [-0.15, -0.1) is 0 Å². The molecule has 1 aromatic rings. The normalized spacial score (nSPS) is 21.4. The first-order valence-electron chi connectivity index (χ1n) is 13.0. The molecule has 3 unspecified atom stereocenters. The Morgan fingerprint density at radius 2 is 1.86 bits per heavy atom. The van der Waals surface area contributed by atoms with Crippen molar-refractivity contribution in [2.24, 2.45) is 0 Å². The molecule has 2 aliphatic rings. The minimum absolute atomic E-state index is 0.000700. The molecule has 208 valence electrons. The van der Waals surface area contributed by atoms with Crippen molar-refractivity contribution < 1.29 is 34.0 Å². The number of carbonyl (C=O) groups excluding carboxylic acids is 1. The maximum Gasteiger partial charge on any atom is 0.317 e. The van der Waals surface area contributed by atoms with Gasteiger partial charge in [0.25, 0.3) is 0 Å². The lowest BCUT2D eigenvalue weighted by atomic mass is 9.90. The van der Waals surface area contributed by atoms with Crippen LogP contribution >= 0.6 is 0 Å². The molecule has 11 nitrogen and oxygen atoms in total. The standard InChI is InChI=1S/C26H42N4O7/c1-26(2)36-18-23(37-26)14-20(15-24(32)33)19-4-6-22(7-5-19)35-17-21(31)16-27-8-9-28-25(34)30-12-10-29(3)11-13-30/h4-7,20-21,23,27,31H,8-18H2,1-3H3,(H,28,34)(H,32,33). The molecular weight excluding hydrogens is 480 g/mol. The number of rotatable bonds is 13. The second-order valence-corrected chi connectivity index (χ2v) is 10.2. The smallest absolute Gasteiger partial charge is 0.317 e. The molecule has 0 radical (unpaired) electrons. The van der Waals surface area contributed by atoms with Crippen LogP contribution in [0.4, 0.5) is 4.79 Å². The number of likely N-dealkylation sites (N-methyl/N-ethyl adjacent to an activating group) is 1. The first-order valence-corrected chi connectivity index (χ1v) is 13.0. The Labute approximate surface area is 219 Å². The quantitative estimate of drug-likeness (QED) is 0.281. The summed E-state index contributed by atoms with van der Waals surface area (Å²) in [5, 5.41) is 25.6. The number of piperazine rings is 1. The van der Waals surface area contributed by atoms with E-state index in [9.17, 15) is 19.8 Å². The summed E-state index contributed by atoms with van der Waals surface area (Å²) in [6.07, 6.45) is -0.315. The van der Waals surface area contributed by atoms with Gasteiger partial charge in [-0.05, 0) is 50.9 Å². The average Bonchev–Trinajstić information content (AvgIpc) is 3.20. The van der Waals surface area contributed by atoms with E-state index in [-0.39, 0.29) is 31.1 Å². The van der Waals surface area contributed by atoms with Gasteiger partial charge in [0, 0.05) is 45.8 Å². The number of hydrogen-bond donors (Lipinski definition) is 4.